The Kier molecular flexibility index (Phi) is 5.89. The largest absolute Gasteiger partial charge is 0.478 e. The highest BCUT2D eigenvalue weighted by Gasteiger charge is 2.35. The first-order valence-corrected chi connectivity index (χ1v) is 10.6. The van der Waals surface area contributed by atoms with Crippen molar-refractivity contribution in [2.45, 2.75) is 13.5 Å². The molecule has 1 aromatic heterocycles. The zero-order valence-corrected chi connectivity index (χ0v) is 18.1. The molecule has 0 aliphatic carbocycles. The number of nitrogens with zero attached hydrogens (tertiary/aromatic N) is 1. The number of imide groups is 1. The second-order valence-electron chi connectivity index (χ2n) is 7.36. The summed E-state index contributed by atoms with van der Waals surface area (Å²) >= 11 is 0.800. The van der Waals surface area contributed by atoms with Crippen molar-refractivity contribution in [3.05, 3.63) is 87.5 Å². The van der Waals surface area contributed by atoms with E-state index in [2.05, 4.69) is 0 Å². The molecule has 0 bridgehead atoms. The third-order valence-electron chi connectivity index (χ3n) is 4.95. The molecule has 8 nitrogen and oxygen atoms in total. The molecule has 1 aliphatic heterocycles. The van der Waals surface area contributed by atoms with Crippen LogP contribution >= 0.6 is 11.8 Å². The lowest BCUT2D eigenvalue weighted by Gasteiger charge is -2.12. The Labute approximate surface area is 192 Å². The summed E-state index contributed by atoms with van der Waals surface area (Å²) in [6.45, 7) is 2.11. The quantitative estimate of drug-likeness (QED) is 0.495. The van der Waals surface area contributed by atoms with Gasteiger partial charge in [-0.15, -0.1) is 0 Å². The van der Waals surface area contributed by atoms with Crippen molar-refractivity contribution >= 4 is 40.9 Å². The van der Waals surface area contributed by atoms with E-state index in [1.807, 2.05) is 31.2 Å². The van der Waals surface area contributed by atoms with Crippen LogP contribution in [0.15, 0.2) is 63.9 Å². The van der Waals surface area contributed by atoms with Crippen LogP contribution in [0.25, 0.3) is 17.4 Å². The molecule has 0 radical (unpaired) electrons. The van der Waals surface area contributed by atoms with Gasteiger partial charge in [0, 0.05) is 11.6 Å². The molecule has 0 saturated carbocycles. The molecule has 3 aromatic rings. The number of carbonyl (C=O) groups is 4. The number of hydrogen-bond donors (Lipinski definition) is 2. The highest BCUT2D eigenvalue weighted by Crippen LogP contribution is 2.34. The van der Waals surface area contributed by atoms with Gasteiger partial charge in [0.25, 0.3) is 11.1 Å². The Bertz CT molecular complexity index is 1290. The standard InChI is InChI=1S/C24H17NO7S/c1-13-2-4-14(5-3-13)12-25-21(26)20(33-24(25)31)11-18-6-7-19(32-18)15-8-16(22(27)28)10-17(9-15)23(29)30/h2-11H,12H2,1H3,(H,27,28)(H,29,30)/b20-11-. The molecule has 166 valence electrons. The van der Waals surface area contributed by atoms with Crippen LogP contribution < -0.4 is 0 Å². The van der Waals surface area contributed by atoms with Gasteiger partial charge < -0.3 is 14.6 Å². The van der Waals surface area contributed by atoms with Gasteiger partial charge in [-0.05, 0) is 54.6 Å². The Morgan fingerprint density at radius 3 is 2.21 bits per heavy atom. The lowest BCUT2D eigenvalue weighted by molar-refractivity contribution is -0.123. The second-order valence-corrected chi connectivity index (χ2v) is 8.36. The number of hydrogen-bond acceptors (Lipinski definition) is 6. The van der Waals surface area contributed by atoms with Gasteiger partial charge in [0.05, 0.1) is 22.6 Å². The number of amides is 2. The molecule has 2 N–H and O–H groups in total. The Morgan fingerprint density at radius 2 is 1.61 bits per heavy atom. The predicted octanol–water partition coefficient (Wildman–Crippen LogP) is 4.89. The van der Waals surface area contributed by atoms with Crippen molar-refractivity contribution < 1.29 is 33.8 Å². The number of benzene rings is 2. The normalized spacial score (nSPS) is 14.8. The van der Waals surface area contributed by atoms with Crippen molar-refractivity contribution in [3.8, 4) is 11.3 Å². The SMILES string of the molecule is Cc1ccc(CN2C(=O)S/C(=C\c3ccc(-c4cc(C(=O)O)cc(C(=O)O)c4)o3)C2=O)cc1. The minimum Gasteiger partial charge on any atom is -0.478 e. The molecule has 4 rings (SSSR count). The van der Waals surface area contributed by atoms with E-state index in [0.29, 0.717) is 0 Å². The number of carboxylic acid groups (broad SMARTS) is 2. The van der Waals surface area contributed by atoms with E-state index in [4.69, 9.17) is 4.42 Å². The summed E-state index contributed by atoms with van der Waals surface area (Å²) in [5, 5.41) is 18.1. The lowest BCUT2D eigenvalue weighted by atomic mass is 10.0. The van der Waals surface area contributed by atoms with Crippen LogP contribution in [-0.4, -0.2) is 38.2 Å². The second kappa shape index (κ2) is 8.79. The number of carboxylic acids is 2. The number of aromatic carboxylic acids is 2. The van der Waals surface area contributed by atoms with Gasteiger partial charge in [-0.3, -0.25) is 14.5 Å². The third kappa shape index (κ3) is 4.73. The maximum absolute atomic E-state index is 12.8. The molecule has 33 heavy (non-hydrogen) atoms. The van der Waals surface area contributed by atoms with Gasteiger partial charge in [-0.1, -0.05) is 29.8 Å². The van der Waals surface area contributed by atoms with Crippen LogP contribution in [0, 0.1) is 6.92 Å². The maximum Gasteiger partial charge on any atom is 0.335 e. The van der Waals surface area contributed by atoms with E-state index in [9.17, 15) is 29.4 Å². The van der Waals surface area contributed by atoms with E-state index in [1.54, 1.807) is 6.07 Å². The first-order valence-electron chi connectivity index (χ1n) is 9.74. The molecule has 9 heteroatoms. The molecule has 2 heterocycles. The summed E-state index contributed by atoms with van der Waals surface area (Å²) in [5.74, 6) is -2.49. The number of rotatable bonds is 6. The van der Waals surface area contributed by atoms with Crippen LogP contribution in [0.4, 0.5) is 4.79 Å². The Hall–Kier alpha value is -4.11. The lowest BCUT2D eigenvalue weighted by Crippen LogP contribution is -2.27. The maximum atomic E-state index is 12.8. The van der Waals surface area contributed by atoms with E-state index >= 15 is 0 Å². The highest BCUT2D eigenvalue weighted by molar-refractivity contribution is 8.18. The number of carbonyl (C=O) groups excluding carboxylic acids is 2. The summed E-state index contributed by atoms with van der Waals surface area (Å²) in [6, 6.07) is 14.3. The zero-order valence-electron chi connectivity index (χ0n) is 17.3. The molecule has 2 aromatic carbocycles. The summed E-state index contributed by atoms with van der Waals surface area (Å²) in [7, 11) is 0. The van der Waals surface area contributed by atoms with Crippen LogP contribution in [0.1, 0.15) is 37.6 Å². The highest BCUT2D eigenvalue weighted by atomic mass is 32.2. The van der Waals surface area contributed by atoms with Crippen molar-refractivity contribution in [1.29, 1.82) is 0 Å². The minimum absolute atomic E-state index is 0.158. The van der Waals surface area contributed by atoms with E-state index in [-0.39, 0.29) is 44.9 Å². The molecule has 2 amide bonds. The number of furan rings is 1. The van der Waals surface area contributed by atoms with Crippen LogP contribution in [0.3, 0.4) is 0 Å². The first-order chi connectivity index (χ1) is 15.7. The van der Waals surface area contributed by atoms with Gasteiger partial charge in [0.15, 0.2) is 0 Å². The van der Waals surface area contributed by atoms with Gasteiger partial charge >= 0.3 is 11.9 Å². The topological polar surface area (TPSA) is 125 Å². The molecule has 0 unspecified atom stereocenters. The number of thioether (sulfide) groups is 1. The summed E-state index contributed by atoms with van der Waals surface area (Å²) in [5.41, 5.74) is 1.78. The van der Waals surface area contributed by atoms with E-state index in [1.165, 1.54) is 24.3 Å². The monoisotopic (exact) mass is 463 g/mol. The molecule has 0 atom stereocenters. The zero-order chi connectivity index (χ0) is 23.7. The van der Waals surface area contributed by atoms with Gasteiger partial charge in [0.1, 0.15) is 11.5 Å². The molecular weight excluding hydrogens is 446 g/mol. The molecule has 1 fully saturated rings. The van der Waals surface area contributed by atoms with Crippen LogP contribution in [0.2, 0.25) is 0 Å². The smallest absolute Gasteiger partial charge is 0.335 e. The predicted molar refractivity (Wildman–Crippen MR) is 121 cm³/mol. The van der Waals surface area contributed by atoms with Crippen LogP contribution in [-0.2, 0) is 11.3 Å². The van der Waals surface area contributed by atoms with Crippen molar-refractivity contribution in [2.24, 2.45) is 0 Å². The van der Waals surface area contributed by atoms with Crippen molar-refractivity contribution in [1.82, 2.24) is 4.90 Å². The van der Waals surface area contributed by atoms with Crippen molar-refractivity contribution in [2.75, 3.05) is 0 Å². The van der Waals surface area contributed by atoms with Crippen molar-refractivity contribution in [3.63, 3.8) is 0 Å². The summed E-state index contributed by atoms with van der Waals surface area (Å²) in [6.07, 6.45) is 1.43. The van der Waals surface area contributed by atoms with E-state index < -0.39 is 17.8 Å². The fourth-order valence-corrected chi connectivity index (χ4v) is 4.06. The van der Waals surface area contributed by atoms with Crippen LogP contribution in [0.5, 0.6) is 0 Å². The fraction of sp³-hybridized carbons (Fsp3) is 0.0833. The average molecular weight is 463 g/mol. The molecule has 1 aliphatic rings. The minimum atomic E-state index is -1.27. The third-order valence-corrected chi connectivity index (χ3v) is 5.85. The fourth-order valence-electron chi connectivity index (χ4n) is 3.24. The Morgan fingerprint density at radius 1 is 0.970 bits per heavy atom. The van der Waals surface area contributed by atoms with E-state index in [0.717, 1.165) is 33.9 Å². The summed E-state index contributed by atoms with van der Waals surface area (Å²) in [4.78, 5) is 49.1. The van der Waals surface area contributed by atoms with Gasteiger partial charge in [-0.25, -0.2) is 9.59 Å². The average Bonchev–Trinajstić information content (AvgIpc) is 3.35. The first kappa shape index (κ1) is 22.1. The molecule has 0 spiro atoms. The Balaban J connectivity index is 1.58. The van der Waals surface area contributed by atoms with Gasteiger partial charge in [-0.2, -0.15) is 0 Å². The summed E-state index contributed by atoms with van der Waals surface area (Å²) < 4.78 is 5.69. The molecular formula is C24H17NO7S. The molecule has 1 saturated heterocycles. The van der Waals surface area contributed by atoms with Gasteiger partial charge in [0.2, 0.25) is 0 Å². The number of aryl methyl sites for hydroxylation is 1.